The second-order valence-corrected chi connectivity index (χ2v) is 11.3. The van der Waals surface area contributed by atoms with Gasteiger partial charge in [-0.15, -0.1) is 0 Å². The SMILES string of the molecule is CCC(CNc1ccc(NCC(CC)[N+](CC)(CC)CC)c2c1C(=O)c1ccccc1C2=O)[N+](CC)(CC)CC. The average molecular weight is 551 g/mol. The molecule has 0 radical (unpaired) electrons. The van der Waals surface area contributed by atoms with Crippen molar-refractivity contribution >= 4 is 22.9 Å². The second-order valence-electron chi connectivity index (χ2n) is 11.3. The summed E-state index contributed by atoms with van der Waals surface area (Å²) in [5.74, 6) is -0.140. The maximum absolute atomic E-state index is 14.0. The van der Waals surface area contributed by atoms with Gasteiger partial charge in [0.2, 0.25) is 0 Å². The summed E-state index contributed by atoms with van der Waals surface area (Å²) >= 11 is 0. The summed E-state index contributed by atoms with van der Waals surface area (Å²) in [5.41, 5.74) is 3.56. The van der Waals surface area contributed by atoms with Crippen LogP contribution in [0.3, 0.4) is 0 Å². The van der Waals surface area contributed by atoms with Gasteiger partial charge in [-0.3, -0.25) is 9.59 Å². The van der Waals surface area contributed by atoms with Crippen LogP contribution in [0.1, 0.15) is 100 Å². The van der Waals surface area contributed by atoms with Crippen LogP contribution in [0.15, 0.2) is 36.4 Å². The van der Waals surface area contributed by atoms with E-state index in [2.05, 4.69) is 66.0 Å². The lowest BCUT2D eigenvalue weighted by Gasteiger charge is -2.43. The fraction of sp³-hybridized carbons (Fsp3) is 0.588. The van der Waals surface area contributed by atoms with Gasteiger partial charge >= 0.3 is 0 Å². The highest BCUT2D eigenvalue weighted by atomic mass is 16.1. The number of fused-ring (bicyclic) bond motifs is 2. The lowest BCUT2D eigenvalue weighted by molar-refractivity contribution is -0.945. The molecule has 0 aromatic heterocycles. The zero-order valence-corrected chi connectivity index (χ0v) is 26.4. The molecule has 1 aliphatic rings. The van der Waals surface area contributed by atoms with Crippen molar-refractivity contribution in [3.63, 3.8) is 0 Å². The molecule has 0 saturated carbocycles. The Bertz CT molecular complexity index is 1060. The van der Waals surface area contributed by atoms with Gasteiger partial charge in [-0.25, -0.2) is 0 Å². The van der Waals surface area contributed by atoms with Crippen LogP contribution in [0.2, 0.25) is 0 Å². The van der Waals surface area contributed by atoms with E-state index in [1.807, 2.05) is 24.3 Å². The number of ketones is 2. The van der Waals surface area contributed by atoms with E-state index in [1.165, 1.54) is 0 Å². The topological polar surface area (TPSA) is 58.2 Å². The third-order valence-corrected chi connectivity index (χ3v) is 10.4. The van der Waals surface area contributed by atoms with Crippen molar-refractivity contribution in [1.82, 2.24) is 0 Å². The fourth-order valence-corrected chi connectivity index (χ4v) is 7.31. The van der Waals surface area contributed by atoms with E-state index in [0.717, 1.165) is 85.5 Å². The van der Waals surface area contributed by atoms with Crippen molar-refractivity contribution in [2.24, 2.45) is 0 Å². The molecule has 2 aromatic carbocycles. The van der Waals surface area contributed by atoms with Crippen molar-refractivity contribution in [1.29, 1.82) is 0 Å². The minimum absolute atomic E-state index is 0.0699. The van der Waals surface area contributed by atoms with Crippen LogP contribution < -0.4 is 10.6 Å². The van der Waals surface area contributed by atoms with Crippen molar-refractivity contribution in [3.05, 3.63) is 58.7 Å². The molecule has 2 N–H and O–H groups in total. The maximum atomic E-state index is 14.0. The summed E-state index contributed by atoms with van der Waals surface area (Å²) in [6.07, 6.45) is 2.09. The van der Waals surface area contributed by atoms with Crippen LogP contribution in [0.25, 0.3) is 0 Å². The van der Waals surface area contributed by atoms with E-state index < -0.39 is 0 Å². The fourth-order valence-electron chi connectivity index (χ4n) is 7.31. The van der Waals surface area contributed by atoms with E-state index in [-0.39, 0.29) is 11.6 Å². The number of hydrogen-bond donors (Lipinski definition) is 2. The van der Waals surface area contributed by atoms with Gasteiger partial charge in [0, 0.05) is 22.5 Å². The molecule has 3 rings (SSSR count). The standard InChI is InChI=1S/C34H52N4O2/c1-9-25(37(11-3,12-4)13-5)23-35-29-21-22-30(36-24-26(10-2)38(14-6,15-7)16-8)32-31(29)33(39)27-19-17-18-20-28(27)34(32)40/h17-22,25-26H,9-16,23-24H2,1-8H3/p+2. The second kappa shape index (κ2) is 13.8. The Morgan fingerprint density at radius 2 is 0.875 bits per heavy atom. The Kier molecular flexibility index (Phi) is 11.0. The predicted molar refractivity (Wildman–Crippen MR) is 169 cm³/mol. The summed E-state index contributed by atoms with van der Waals surface area (Å²) in [4.78, 5) is 27.9. The molecule has 220 valence electrons. The van der Waals surface area contributed by atoms with Gasteiger partial charge in [0.1, 0.15) is 12.1 Å². The molecule has 6 heteroatoms. The largest absolute Gasteiger partial charge is 0.378 e. The highest BCUT2D eigenvalue weighted by Crippen LogP contribution is 2.37. The van der Waals surface area contributed by atoms with E-state index in [9.17, 15) is 9.59 Å². The molecule has 0 fully saturated rings. The van der Waals surface area contributed by atoms with Crippen LogP contribution >= 0.6 is 0 Å². The first-order valence-corrected chi connectivity index (χ1v) is 15.8. The first kappa shape index (κ1) is 31.8. The molecule has 0 saturated heterocycles. The molecular formula is C34H54N4O2+2. The van der Waals surface area contributed by atoms with Crippen LogP contribution in [0.4, 0.5) is 11.4 Å². The molecule has 0 aliphatic heterocycles. The zero-order chi connectivity index (χ0) is 29.5. The summed E-state index contributed by atoms with van der Waals surface area (Å²) < 4.78 is 2.07. The molecule has 2 aromatic rings. The Morgan fingerprint density at radius 3 is 1.15 bits per heavy atom. The molecule has 0 bridgehead atoms. The van der Waals surface area contributed by atoms with Crippen LogP contribution in [-0.2, 0) is 0 Å². The minimum Gasteiger partial charge on any atom is -0.378 e. The number of nitrogens with zero attached hydrogens (tertiary/aromatic N) is 2. The molecule has 0 heterocycles. The van der Waals surface area contributed by atoms with Gasteiger partial charge in [-0.05, 0) is 66.5 Å². The summed E-state index contributed by atoms with van der Waals surface area (Å²) in [5, 5.41) is 7.30. The molecule has 1 aliphatic carbocycles. The Morgan fingerprint density at radius 1 is 0.550 bits per heavy atom. The molecule has 0 amide bonds. The molecule has 40 heavy (non-hydrogen) atoms. The van der Waals surface area contributed by atoms with E-state index in [1.54, 1.807) is 12.1 Å². The third kappa shape index (κ3) is 5.71. The molecule has 2 unspecified atom stereocenters. The number of nitrogens with one attached hydrogen (secondary N) is 2. The van der Waals surface area contributed by atoms with Gasteiger partial charge < -0.3 is 19.6 Å². The van der Waals surface area contributed by atoms with Crippen LogP contribution in [-0.4, -0.2) is 85.0 Å². The summed E-state index contributed by atoms with van der Waals surface area (Å²) in [6.45, 7) is 26.1. The minimum atomic E-state index is -0.0699. The van der Waals surface area contributed by atoms with Gasteiger partial charge in [0.25, 0.3) is 0 Å². The number of quaternary nitrogens is 2. The van der Waals surface area contributed by atoms with Crippen molar-refractivity contribution in [2.45, 2.75) is 80.3 Å². The number of anilines is 2. The van der Waals surface area contributed by atoms with Crippen LogP contribution in [0.5, 0.6) is 0 Å². The van der Waals surface area contributed by atoms with Crippen molar-refractivity contribution < 1.29 is 18.6 Å². The third-order valence-electron chi connectivity index (χ3n) is 10.4. The Labute approximate surface area is 243 Å². The maximum Gasteiger partial charge on any atom is 0.196 e. The van der Waals surface area contributed by atoms with Gasteiger partial charge in [0.15, 0.2) is 11.6 Å². The van der Waals surface area contributed by atoms with E-state index in [4.69, 9.17) is 0 Å². The first-order chi connectivity index (χ1) is 19.3. The molecule has 2 atom stereocenters. The number of carbonyl (C=O) groups is 2. The lowest BCUT2D eigenvalue weighted by atomic mass is 9.82. The first-order valence-electron chi connectivity index (χ1n) is 15.8. The Hall–Kier alpha value is -2.70. The predicted octanol–water partition coefficient (Wildman–Crippen LogP) is 6.60. The number of hydrogen-bond acceptors (Lipinski definition) is 4. The number of rotatable bonds is 16. The van der Waals surface area contributed by atoms with Crippen molar-refractivity contribution in [2.75, 3.05) is 63.0 Å². The zero-order valence-electron chi connectivity index (χ0n) is 26.4. The monoisotopic (exact) mass is 550 g/mol. The van der Waals surface area contributed by atoms with E-state index >= 15 is 0 Å². The summed E-state index contributed by atoms with van der Waals surface area (Å²) in [6, 6.07) is 12.1. The van der Waals surface area contributed by atoms with Gasteiger partial charge in [-0.2, -0.15) is 0 Å². The molecular weight excluding hydrogens is 496 g/mol. The molecule has 6 nitrogen and oxygen atoms in total. The molecule has 0 spiro atoms. The number of carbonyl (C=O) groups excluding carboxylic acids is 2. The van der Waals surface area contributed by atoms with E-state index in [0.29, 0.717) is 34.3 Å². The summed E-state index contributed by atoms with van der Waals surface area (Å²) in [7, 11) is 0. The lowest BCUT2D eigenvalue weighted by Crippen LogP contribution is -2.57. The van der Waals surface area contributed by atoms with Crippen LogP contribution in [0, 0.1) is 0 Å². The number of benzene rings is 2. The Balaban J connectivity index is 2.04. The average Bonchev–Trinajstić information content (AvgIpc) is 3.00. The highest BCUT2D eigenvalue weighted by Gasteiger charge is 2.36. The number of likely N-dealkylation sites (N-methyl/N-ethyl adjacent to an activating group) is 2. The van der Waals surface area contributed by atoms with Gasteiger partial charge in [0.05, 0.1) is 63.5 Å². The smallest absolute Gasteiger partial charge is 0.196 e. The quantitative estimate of drug-likeness (QED) is 0.197. The van der Waals surface area contributed by atoms with Gasteiger partial charge in [-0.1, -0.05) is 38.1 Å². The van der Waals surface area contributed by atoms with Crippen molar-refractivity contribution in [3.8, 4) is 0 Å². The normalized spacial score (nSPS) is 14.9. The highest BCUT2D eigenvalue weighted by molar-refractivity contribution is 6.31.